The summed E-state index contributed by atoms with van der Waals surface area (Å²) in [5.41, 5.74) is 0. The Kier molecular flexibility index (Phi) is 61.3. The molecule has 0 aromatic rings. The number of allylic oxidation sites excluding steroid dienone is 28. The molecule has 0 saturated carbocycles. The molecule has 2 unspecified atom stereocenters. The molecule has 0 aliphatic carbocycles. The van der Waals surface area contributed by atoms with Crippen LogP contribution in [0.1, 0.15) is 245 Å². The zero-order chi connectivity index (χ0) is 62.6. The summed E-state index contributed by atoms with van der Waals surface area (Å²) in [5.74, 6) is -0.822. The first-order valence-electron chi connectivity index (χ1n) is 33.9. The maximum absolute atomic E-state index is 12.9. The standard InChI is InChI=1S/C76H124NO8P/c1-6-8-10-12-14-16-18-20-22-24-26-28-30-32-34-36-37-38-39-41-43-45-47-49-51-53-55-57-59-61-63-65-67-69-76(79)85-74(73-84-86(80,81)83-71-70-77(3,4)5)72-82-75(78)68-66-64-62-60-58-56-54-52-50-48-46-44-42-40-35-33-31-29-27-25-23-21-19-17-15-13-11-9-7-2/h8-11,14-17,20-23,26-29,32-35,37-38,41-44,47,49,74H,6-7,12-13,18-19,24-25,30-31,36,39-40,45-46,48,50-73H2,1-5H3/p+1/b10-8-,11-9-,16-14-,17-15-,22-20-,23-21-,28-26-,29-27-,34-32-,35-33-,38-37-,43-41-,44-42-,49-47-. The van der Waals surface area contributed by atoms with Gasteiger partial charge in [0.2, 0.25) is 0 Å². The van der Waals surface area contributed by atoms with Gasteiger partial charge in [-0.25, -0.2) is 4.57 Å². The van der Waals surface area contributed by atoms with Crippen molar-refractivity contribution < 1.29 is 42.1 Å². The summed E-state index contributed by atoms with van der Waals surface area (Å²) in [6.07, 6.45) is 98.6. The number of phosphoric ester groups is 1. The molecule has 0 spiro atoms. The highest BCUT2D eigenvalue weighted by molar-refractivity contribution is 7.47. The monoisotopic (exact) mass is 1210 g/mol. The van der Waals surface area contributed by atoms with Crippen LogP contribution in [0.4, 0.5) is 0 Å². The van der Waals surface area contributed by atoms with Gasteiger partial charge in [-0.1, -0.05) is 274 Å². The summed E-state index contributed by atoms with van der Waals surface area (Å²) >= 11 is 0. The fourth-order valence-corrected chi connectivity index (χ4v) is 9.36. The van der Waals surface area contributed by atoms with Crippen molar-refractivity contribution >= 4 is 19.8 Å². The van der Waals surface area contributed by atoms with Crippen molar-refractivity contribution in [3.05, 3.63) is 170 Å². The van der Waals surface area contributed by atoms with Gasteiger partial charge in [-0.15, -0.1) is 0 Å². The number of phosphoric acid groups is 1. The minimum Gasteiger partial charge on any atom is -0.462 e. The first-order valence-corrected chi connectivity index (χ1v) is 35.4. The molecular formula is C76H125NO8P+. The third kappa shape index (κ3) is 68.5. The van der Waals surface area contributed by atoms with Crippen LogP contribution in [-0.4, -0.2) is 74.9 Å². The second-order valence-corrected chi connectivity index (χ2v) is 24.5. The predicted molar refractivity (Wildman–Crippen MR) is 371 cm³/mol. The van der Waals surface area contributed by atoms with Crippen LogP contribution >= 0.6 is 7.82 Å². The molecule has 86 heavy (non-hydrogen) atoms. The van der Waals surface area contributed by atoms with E-state index in [1.165, 1.54) is 64.2 Å². The Hall–Kier alpha value is -4.63. The maximum atomic E-state index is 12.9. The van der Waals surface area contributed by atoms with E-state index in [2.05, 4.69) is 184 Å². The molecule has 0 amide bonds. The lowest BCUT2D eigenvalue weighted by atomic mass is 10.1. The summed E-state index contributed by atoms with van der Waals surface area (Å²) < 4.78 is 34.7. The Balaban J connectivity index is 4.17. The summed E-state index contributed by atoms with van der Waals surface area (Å²) in [4.78, 5) is 35.9. The van der Waals surface area contributed by atoms with Crippen molar-refractivity contribution in [1.82, 2.24) is 0 Å². The van der Waals surface area contributed by atoms with E-state index in [4.69, 9.17) is 18.5 Å². The molecular weight excluding hydrogens is 1090 g/mol. The van der Waals surface area contributed by atoms with E-state index in [-0.39, 0.29) is 32.0 Å². The summed E-state index contributed by atoms with van der Waals surface area (Å²) in [6.45, 7) is 4.18. The SMILES string of the molecule is CC/C=C\C/C=C\C/C=C\C/C=C\C/C=C\C/C=C\C/C=C\C/C=C\CCCCCCCCCCC(=O)OC(COC(=O)CCCCCCCCCCCC/C=C\C/C=C\C/C=C\C/C=C\C/C=C\C/C=C\CC)COP(=O)(O)OCC[N+](C)(C)C. The lowest BCUT2D eigenvalue weighted by Gasteiger charge is -2.24. The number of ether oxygens (including phenoxy) is 2. The lowest BCUT2D eigenvalue weighted by molar-refractivity contribution is -0.870. The van der Waals surface area contributed by atoms with Crippen molar-refractivity contribution in [3.8, 4) is 0 Å². The molecule has 1 N–H and O–H groups in total. The number of carbonyl (C=O) groups excluding carboxylic acids is 2. The third-order valence-corrected chi connectivity index (χ3v) is 14.7. The van der Waals surface area contributed by atoms with Gasteiger partial charge in [-0.3, -0.25) is 18.6 Å². The van der Waals surface area contributed by atoms with Crippen LogP contribution in [0.25, 0.3) is 0 Å². The van der Waals surface area contributed by atoms with Gasteiger partial charge >= 0.3 is 19.8 Å². The number of unbranched alkanes of at least 4 members (excludes halogenated alkanes) is 18. The quantitative estimate of drug-likeness (QED) is 0.0211. The molecule has 0 aromatic carbocycles. The number of likely N-dealkylation sites (N-methyl/N-ethyl adjacent to an activating group) is 1. The number of quaternary nitrogens is 1. The number of hydrogen-bond donors (Lipinski definition) is 1. The minimum absolute atomic E-state index is 0.0200. The molecule has 0 heterocycles. The molecule has 0 aliphatic heterocycles. The van der Waals surface area contributed by atoms with Crippen LogP contribution in [0.15, 0.2) is 170 Å². The lowest BCUT2D eigenvalue weighted by Crippen LogP contribution is -2.37. The normalized spacial score (nSPS) is 14.3. The van der Waals surface area contributed by atoms with E-state index in [1.807, 2.05) is 21.1 Å². The van der Waals surface area contributed by atoms with Gasteiger partial charge in [0, 0.05) is 12.8 Å². The van der Waals surface area contributed by atoms with Gasteiger partial charge in [-0.2, -0.15) is 0 Å². The third-order valence-electron chi connectivity index (χ3n) is 13.7. The first kappa shape index (κ1) is 81.4. The van der Waals surface area contributed by atoms with Gasteiger partial charge in [0.05, 0.1) is 27.7 Å². The van der Waals surface area contributed by atoms with Crippen molar-refractivity contribution in [2.75, 3.05) is 47.5 Å². The Morgan fingerprint density at radius 2 is 0.628 bits per heavy atom. The highest BCUT2D eigenvalue weighted by Crippen LogP contribution is 2.43. The van der Waals surface area contributed by atoms with Crippen LogP contribution in [-0.2, 0) is 32.7 Å². The Labute approximate surface area is 528 Å². The smallest absolute Gasteiger partial charge is 0.462 e. The van der Waals surface area contributed by atoms with Gasteiger partial charge < -0.3 is 18.9 Å². The largest absolute Gasteiger partial charge is 0.472 e. The van der Waals surface area contributed by atoms with Gasteiger partial charge in [0.25, 0.3) is 0 Å². The van der Waals surface area contributed by atoms with Crippen molar-refractivity contribution in [2.24, 2.45) is 0 Å². The second kappa shape index (κ2) is 64.8. The average Bonchev–Trinajstić information content (AvgIpc) is 3.70. The van der Waals surface area contributed by atoms with Crippen molar-refractivity contribution in [2.45, 2.75) is 251 Å². The molecule has 486 valence electrons. The van der Waals surface area contributed by atoms with Gasteiger partial charge in [0.1, 0.15) is 19.8 Å². The average molecular weight is 1210 g/mol. The van der Waals surface area contributed by atoms with Crippen LogP contribution < -0.4 is 0 Å². The maximum Gasteiger partial charge on any atom is 0.472 e. The van der Waals surface area contributed by atoms with Gasteiger partial charge in [0.15, 0.2) is 6.10 Å². The first-order chi connectivity index (χ1) is 42.0. The molecule has 0 rings (SSSR count). The van der Waals surface area contributed by atoms with E-state index in [9.17, 15) is 19.0 Å². The van der Waals surface area contributed by atoms with E-state index in [0.29, 0.717) is 17.4 Å². The van der Waals surface area contributed by atoms with Crippen LogP contribution in [0.3, 0.4) is 0 Å². The molecule has 0 fully saturated rings. The molecule has 2 atom stereocenters. The summed E-state index contributed by atoms with van der Waals surface area (Å²) in [7, 11) is 1.45. The molecule has 9 nitrogen and oxygen atoms in total. The van der Waals surface area contributed by atoms with Crippen molar-refractivity contribution in [1.29, 1.82) is 0 Å². The number of hydrogen-bond acceptors (Lipinski definition) is 7. The highest BCUT2D eigenvalue weighted by Gasteiger charge is 2.27. The molecule has 0 saturated heterocycles. The van der Waals surface area contributed by atoms with E-state index in [0.717, 1.165) is 148 Å². The van der Waals surface area contributed by atoms with E-state index >= 15 is 0 Å². The Bertz CT molecular complexity index is 2060. The topological polar surface area (TPSA) is 108 Å². The van der Waals surface area contributed by atoms with E-state index < -0.39 is 26.5 Å². The summed E-state index contributed by atoms with van der Waals surface area (Å²) in [6, 6.07) is 0. The fourth-order valence-electron chi connectivity index (χ4n) is 8.62. The summed E-state index contributed by atoms with van der Waals surface area (Å²) in [5, 5.41) is 0. The number of esters is 2. The molecule has 0 radical (unpaired) electrons. The Morgan fingerprint density at radius 3 is 0.930 bits per heavy atom. The molecule has 0 bridgehead atoms. The zero-order valence-corrected chi connectivity index (χ0v) is 56.1. The highest BCUT2D eigenvalue weighted by atomic mass is 31.2. The number of rotatable bonds is 60. The molecule has 10 heteroatoms. The van der Waals surface area contributed by atoms with E-state index in [1.54, 1.807) is 0 Å². The zero-order valence-electron chi connectivity index (χ0n) is 55.2. The fraction of sp³-hybridized carbons (Fsp3) is 0.605. The number of carbonyl (C=O) groups is 2. The van der Waals surface area contributed by atoms with Crippen LogP contribution in [0.5, 0.6) is 0 Å². The van der Waals surface area contributed by atoms with Gasteiger partial charge in [-0.05, 0) is 128 Å². The Morgan fingerprint density at radius 1 is 0.360 bits per heavy atom. The van der Waals surface area contributed by atoms with Crippen LogP contribution in [0.2, 0.25) is 0 Å². The molecule has 0 aliphatic rings. The number of nitrogens with zero attached hydrogens (tertiary/aromatic N) is 1. The second-order valence-electron chi connectivity index (χ2n) is 23.1. The molecule has 0 aromatic heterocycles. The predicted octanol–water partition coefficient (Wildman–Crippen LogP) is 22.2. The van der Waals surface area contributed by atoms with Crippen LogP contribution in [0, 0.1) is 0 Å². The van der Waals surface area contributed by atoms with Crippen molar-refractivity contribution in [3.63, 3.8) is 0 Å². The minimum atomic E-state index is -4.41.